The van der Waals surface area contributed by atoms with E-state index < -0.39 is 0 Å². The standard InChI is InChI=1S/C21H31NO3/c1-3-4-8-15-25-19-13-11-17(16-20(19)24-2)12-14-21(23)22-18-9-6-5-7-10-18/h11-14,16,18H,3-10,15H2,1-2H3,(H,22,23)/b14-12+. The molecular weight excluding hydrogens is 314 g/mol. The molecule has 0 bridgehead atoms. The van der Waals surface area contributed by atoms with Crippen LogP contribution >= 0.6 is 0 Å². The summed E-state index contributed by atoms with van der Waals surface area (Å²) in [6.45, 7) is 2.87. The predicted molar refractivity (Wildman–Crippen MR) is 102 cm³/mol. The number of ether oxygens (including phenoxy) is 2. The van der Waals surface area contributed by atoms with Crippen molar-refractivity contribution in [1.29, 1.82) is 0 Å². The quantitative estimate of drug-likeness (QED) is 0.520. The van der Waals surface area contributed by atoms with Gasteiger partial charge in [-0.25, -0.2) is 0 Å². The van der Waals surface area contributed by atoms with Crippen molar-refractivity contribution in [3.8, 4) is 11.5 Å². The fourth-order valence-corrected chi connectivity index (χ4v) is 3.11. The van der Waals surface area contributed by atoms with Crippen molar-refractivity contribution in [3.63, 3.8) is 0 Å². The van der Waals surface area contributed by atoms with Crippen LogP contribution in [0.15, 0.2) is 24.3 Å². The normalized spacial score (nSPS) is 15.3. The van der Waals surface area contributed by atoms with Crippen LogP contribution in [0.25, 0.3) is 6.08 Å². The molecule has 1 aliphatic rings. The van der Waals surface area contributed by atoms with E-state index in [0.717, 1.165) is 30.6 Å². The van der Waals surface area contributed by atoms with Crippen LogP contribution in [0, 0.1) is 0 Å². The summed E-state index contributed by atoms with van der Waals surface area (Å²) in [5.74, 6) is 1.43. The van der Waals surface area contributed by atoms with Crippen molar-refractivity contribution in [3.05, 3.63) is 29.8 Å². The van der Waals surface area contributed by atoms with E-state index in [4.69, 9.17) is 9.47 Å². The summed E-state index contributed by atoms with van der Waals surface area (Å²) >= 11 is 0. The van der Waals surface area contributed by atoms with E-state index in [-0.39, 0.29) is 5.91 Å². The van der Waals surface area contributed by atoms with Gasteiger partial charge in [-0.2, -0.15) is 0 Å². The molecule has 0 spiro atoms. The SMILES string of the molecule is CCCCCOc1ccc(/C=C/C(=O)NC2CCCCC2)cc1OC. The van der Waals surface area contributed by atoms with Crippen molar-refractivity contribution in [2.45, 2.75) is 64.3 Å². The van der Waals surface area contributed by atoms with Crippen molar-refractivity contribution < 1.29 is 14.3 Å². The Kier molecular flexibility index (Phi) is 8.36. The zero-order valence-electron chi connectivity index (χ0n) is 15.6. The molecule has 138 valence electrons. The van der Waals surface area contributed by atoms with E-state index in [1.807, 2.05) is 24.3 Å². The number of nitrogens with one attached hydrogen (secondary N) is 1. The summed E-state index contributed by atoms with van der Waals surface area (Å²) in [6, 6.07) is 6.09. The van der Waals surface area contributed by atoms with Gasteiger partial charge < -0.3 is 14.8 Å². The van der Waals surface area contributed by atoms with Crippen LogP contribution in [-0.4, -0.2) is 25.7 Å². The molecule has 1 N–H and O–H groups in total. The lowest BCUT2D eigenvalue weighted by atomic mass is 9.95. The maximum atomic E-state index is 12.1. The van der Waals surface area contributed by atoms with E-state index in [1.54, 1.807) is 13.2 Å². The summed E-state index contributed by atoms with van der Waals surface area (Å²) < 4.78 is 11.2. The largest absolute Gasteiger partial charge is 0.493 e. The zero-order chi connectivity index (χ0) is 17.9. The Bertz CT molecular complexity index is 562. The van der Waals surface area contributed by atoms with Crippen LogP contribution in [0.4, 0.5) is 0 Å². The second-order valence-corrected chi connectivity index (χ2v) is 6.64. The van der Waals surface area contributed by atoms with Gasteiger partial charge in [-0.1, -0.05) is 45.1 Å². The van der Waals surface area contributed by atoms with E-state index in [9.17, 15) is 4.79 Å². The van der Waals surface area contributed by atoms with Gasteiger partial charge in [-0.3, -0.25) is 4.79 Å². The molecule has 0 unspecified atom stereocenters. The lowest BCUT2D eigenvalue weighted by molar-refractivity contribution is -0.117. The fraction of sp³-hybridized carbons (Fsp3) is 0.571. The summed E-state index contributed by atoms with van der Waals surface area (Å²) in [6.07, 6.45) is 12.7. The third kappa shape index (κ3) is 6.81. The molecule has 1 amide bonds. The molecule has 4 nitrogen and oxygen atoms in total. The van der Waals surface area contributed by atoms with Crippen LogP contribution in [0.2, 0.25) is 0 Å². The van der Waals surface area contributed by atoms with Crippen LogP contribution in [0.3, 0.4) is 0 Å². The van der Waals surface area contributed by atoms with Gasteiger partial charge in [-0.15, -0.1) is 0 Å². The van der Waals surface area contributed by atoms with E-state index in [0.29, 0.717) is 18.4 Å². The Hall–Kier alpha value is -1.97. The van der Waals surface area contributed by atoms with Gasteiger partial charge in [-0.05, 0) is 43.0 Å². The van der Waals surface area contributed by atoms with Crippen molar-refractivity contribution in [2.24, 2.45) is 0 Å². The molecule has 1 aromatic rings. The Morgan fingerprint density at radius 1 is 1.20 bits per heavy atom. The summed E-state index contributed by atoms with van der Waals surface area (Å²) in [5, 5.41) is 3.09. The first-order valence-electron chi connectivity index (χ1n) is 9.52. The smallest absolute Gasteiger partial charge is 0.244 e. The highest BCUT2D eigenvalue weighted by atomic mass is 16.5. The molecule has 4 heteroatoms. The molecule has 0 heterocycles. The molecule has 0 atom stereocenters. The number of rotatable bonds is 9. The molecule has 0 aliphatic heterocycles. The average Bonchev–Trinajstić information content (AvgIpc) is 2.65. The Morgan fingerprint density at radius 2 is 2.00 bits per heavy atom. The van der Waals surface area contributed by atoms with Gasteiger partial charge in [0.1, 0.15) is 0 Å². The summed E-state index contributed by atoms with van der Waals surface area (Å²) in [7, 11) is 1.64. The molecule has 1 fully saturated rings. The molecule has 2 rings (SSSR count). The Labute approximate surface area is 151 Å². The van der Waals surface area contributed by atoms with Crippen molar-refractivity contribution in [2.75, 3.05) is 13.7 Å². The van der Waals surface area contributed by atoms with Crippen LogP contribution in [-0.2, 0) is 4.79 Å². The topological polar surface area (TPSA) is 47.6 Å². The molecule has 1 saturated carbocycles. The lowest BCUT2D eigenvalue weighted by Gasteiger charge is -2.21. The molecule has 1 aliphatic carbocycles. The number of methoxy groups -OCH3 is 1. The maximum Gasteiger partial charge on any atom is 0.244 e. The van der Waals surface area contributed by atoms with Crippen LogP contribution in [0.1, 0.15) is 63.9 Å². The van der Waals surface area contributed by atoms with Crippen molar-refractivity contribution >= 4 is 12.0 Å². The molecule has 1 aromatic carbocycles. The minimum Gasteiger partial charge on any atom is -0.493 e. The molecular formula is C21H31NO3. The number of benzene rings is 1. The number of unbranched alkanes of at least 4 members (excludes halogenated alkanes) is 2. The molecule has 25 heavy (non-hydrogen) atoms. The fourth-order valence-electron chi connectivity index (χ4n) is 3.11. The minimum atomic E-state index is -0.0224. The first-order valence-corrected chi connectivity index (χ1v) is 9.52. The number of hydrogen-bond acceptors (Lipinski definition) is 3. The van der Waals surface area contributed by atoms with Gasteiger partial charge >= 0.3 is 0 Å². The van der Waals surface area contributed by atoms with Gasteiger partial charge in [0.15, 0.2) is 11.5 Å². The maximum absolute atomic E-state index is 12.1. The number of carbonyl (C=O) groups excluding carboxylic acids is 1. The zero-order valence-corrected chi connectivity index (χ0v) is 15.6. The first kappa shape index (κ1) is 19.4. The third-order valence-corrected chi connectivity index (χ3v) is 4.57. The van der Waals surface area contributed by atoms with Crippen LogP contribution in [0.5, 0.6) is 11.5 Å². The number of amides is 1. The first-order chi connectivity index (χ1) is 12.2. The van der Waals surface area contributed by atoms with Gasteiger partial charge in [0, 0.05) is 12.1 Å². The number of hydrogen-bond donors (Lipinski definition) is 1. The van der Waals surface area contributed by atoms with E-state index in [1.165, 1.54) is 32.1 Å². The molecule has 0 saturated heterocycles. The highest BCUT2D eigenvalue weighted by Gasteiger charge is 2.14. The summed E-state index contributed by atoms with van der Waals surface area (Å²) in [4.78, 5) is 12.1. The van der Waals surface area contributed by atoms with Gasteiger partial charge in [0.2, 0.25) is 5.91 Å². The molecule has 0 aromatic heterocycles. The highest BCUT2D eigenvalue weighted by molar-refractivity contribution is 5.92. The second kappa shape index (κ2) is 10.8. The number of carbonyl (C=O) groups is 1. The van der Waals surface area contributed by atoms with Gasteiger partial charge in [0.05, 0.1) is 13.7 Å². The second-order valence-electron chi connectivity index (χ2n) is 6.64. The molecule has 0 radical (unpaired) electrons. The Morgan fingerprint density at radius 3 is 2.72 bits per heavy atom. The highest BCUT2D eigenvalue weighted by Crippen LogP contribution is 2.28. The summed E-state index contributed by atoms with van der Waals surface area (Å²) in [5.41, 5.74) is 0.927. The van der Waals surface area contributed by atoms with E-state index in [2.05, 4.69) is 12.2 Å². The van der Waals surface area contributed by atoms with E-state index >= 15 is 0 Å². The average molecular weight is 345 g/mol. The third-order valence-electron chi connectivity index (χ3n) is 4.57. The van der Waals surface area contributed by atoms with Gasteiger partial charge in [0.25, 0.3) is 0 Å². The Balaban J connectivity index is 1.88. The lowest BCUT2D eigenvalue weighted by Crippen LogP contribution is -2.34. The van der Waals surface area contributed by atoms with Crippen molar-refractivity contribution in [1.82, 2.24) is 5.32 Å². The minimum absolute atomic E-state index is 0.0224. The predicted octanol–water partition coefficient (Wildman–Crippen LogP) is 4.73. The van der Waals surface area contributed by atoms with Crippen LogP contribution < -0.4 is 14.8 Å². The monoisotopic (exact) mass is 345 g/mol.